The molecule has 0 aliphatic heterocycles. The van der Waals surface area contributed by atoms with Crippen molar-refractivity contribution in [2.75, 3.05) is 5.32 Å². The average molecular weight is 248 g/mol. The maximum atomic E-state index is 13.7. The van der Waals surface area contributed by atoms with Crippen molar-refractivity contribution in [1.82, 2.24) is 4.98 Å². The molecular formula is C14H14F2N2. The molecule has 0 amide bonds. The van der Waals surface area contributed by atoms with Gasteiger partial charge in [0.1, 0.15) is 11.6 Å². The fourth-order valence-corrected chi connectivity index (χ4v) is 1.82. The van der Waals surface area contributed by atoms with E-state index in [1.807, 2.05) is 6.92 Å². The minimum Gasteiger partial charge on any atom is -0.363 e. The van der Waals surface area contributed by atoms with Crippen LogP contribution in [0.3, 0.4) is 0 Å². The molecule has 1 aromatic heterocycles. The molecule has 0 fully saturated rings. The molecule has 0 aliphatic rings. The van der Waals surface area contributed by atoms with E-state index in [-0.39, 0.29) is 11.9 Å². The molecule has 1 unspecified atom stereocenters. The largest absolute Gasteiger partial charge is 0.363 e. The van der Waals surface area contributed by atoms with Gasteiger partial charge in [-0.3, -0.25) is 0 Å². The van der Waals surface area contributed by atoms with Crippen LogP contribution in [0, 0.1) is 11.8 Å². The fraction of sp³-hybridized carbons (Fsp3) is 0.214. The van der Waals surface area contributed by atoms with Gasteiger partial charge < -0.3 is 5.32 Å². The predicted molar refractivity (Wildman–Crippen MR) is 67.2 cm³/mol. The number of hydrogen-bond acceptors (Lipinski definition) is 2. The molecule has 0 aliphatic carbocycles. The van der Waals surface area contributed by atoms with Gasteiger partial charge in [0, 0.05) is 5.56 Å². The van der Waals surface area contributed by atoms with Gasteiger partial charge in [-0.05, 0) is 24.6 Å². The molecule has 1 heterocycles. The molecule has 2 rings (SSSR count). The number of nitrogens with one attached hydrogen (secondary N) is 1. The number of hydrogen-bond donors (Lipinski definition) is 1. The maximum Gasteiger partial charge on any atom is 0.214 e. The number of benzene rings is 1. The van der Waals surface area contributed by atoms with Crippen LogP contribution in [0.5, 0.6) is 0 Å². The normalized spacial score (nSPS) is 12.2. The molecule has 0 radical (unpaired) electrons. The van der Waals surface area contributed by atoms with E-state index in [2.05, 4.69) is 10.3 Å². The Balaban J connectivity index is 2.23. The Morgan fingerprint density at radius 2 is 1.89 bits per heavy atom. The van der Waals surface area contributed by atoms with Gasteiger partial charge in [0.25, 0.3) is 0 Å². The number of aromatic nitrogens is 1. The fourth-order valence-electron chi connectivity index (χ4n) is 1.82. The van der Waals surface area contributed by atoms with Gasteiger partial charge >= 0.3 is 0 Å². The number of nitrogens with zero attached hydrogens (tertiary/aromatic N) is 1. The van der Waals surface area contributed by atoms with Crippen LogP contribution in [-0.2, 0) is 0 Å². The standard InChI is InChI=1S/C14H14F2N2/c1-2-12(10-6-3-4-7-11(10)15)17-14-9-5-8-13(16)18-14/h3-9,12H,2H2,1H3,(H,17,18). The lowest BCUT2D eigenvalue weighted by atomic mass is 10.0. The molecule has 4 heteroatoms. The first-order valence-corrected chi connectivity index (χ1v) is 5.84. The Kier molecular flexibility index (Phi) is 3.87. The summed E-state index contributed by atoms with van der Waals surface area (Å²) in [6.45, 7) is 1.93. The van der Waals surface area contributed by atoms with Gasteiger partial charge in [0.15, 0.2) is 0 Å². The molecule has 94 valence electrons. The number of rotatable bonds is 4. The summed E-state index contributed by atoms with van der Waals surface area (Å²) in [5.41, 5.74) is 0.561. The van der Waals surface area contributed by atoms with Crippen molar-refractivity contribution < 1.29 is 8.78 Å². The number of pyridine rings is 1. The second kappa shape index (κ2) is 5.58. The van der Waals surface area contributed by atoms with E-state index < -0.39 is 5.95 Å². The van der Waals surface area contributed by atoms with Gasteiger partial charge in [0.2, 0.25) is 5.95 Å². The maximum absolute atomic E-state index is 13.7. The molecule has 0 spiro atoms. The zero-order chi connectivity index (χ0) is 13.0. The number of anilines is 1. The Morgan fingerprint density at radius 1 is 1.11 bits per heavy atom. The lowest BCUT2D eigenvalue weighted by Crippen LogP contribution is -2.12. The second-order valence-electron chi connectivity index (χ2n) is 3.97. The van der Waals surface area contributed by atoms with E-state index in [4.69, 9.17) is 0 Å². The van der Waals surface area contributed by atoms with Gasteiger partial charge in [-0.1, -0.05) is 31.2 Å². The smallest absolute Gasteiger partial charge is 0.214 e. The predicted octanol–water partition coefficient (Wildman–Crippen LogP) is 3.92. The Labute approximate surface area is 105 Å². The average Bonchev–Trinajstić information content (AvgIpc) is 2.37. The zero-order valence-electron chi connectivity index (χ0n) is 10.0. The number of halogens is 2. The summed E-state index contributed by atoms with van der Waals surface area (Å²) in [5.74, 6) is -0.415. The molecule has 2 nitrogen and oxygen atoms in total. The molecule has 1 N–H and O–H groups in total. The quantitative estimate of drug-likeness (QED) is 0.829. The minimum atomic E-state index is -0.552. The van der Waals surface area contributed by atoms with Crippen LogP contribution in [-0.4, -0.2) is 4.98 Å². The third-order valence-electron chi connectivity index (χ3n) is 2.73. The van der Waals surface area contributed by atoms with Crippen molar-refractivity contribution in [2.45, 2.75) is 19.4 Å². The summed E-state index contributed by atoms with van der Waals surface area (Å²) in [4.78, 5) is 3.72. The Bertz CT molecular complexity index is 529. The first-order valence-electron chi connectivity index (χ1n) is 5.84. The van der Waals surface area contributed by atoms with Crippen LogP contribution in [0.1, 0.15) is 24.9 Å². The molecule has 1 aromatic carbocycles. The molecular weight excluding hydrogens is 234 g/mol. The van der Waals surface area contributed by atoms with E-state index >= 15 is 0 Å². The highest BCUT2D eigenvalue weighted by molar-refractivity contribution is 5.38. The third kappa shape index (κ3) is 2.83. The van der Waals surface area contributed by atoms with E-state index in [1.165, 1.54) is 12.1 Å². The van der Waals surface area contributed by atoms with Gasteiger partial charge in [-0.25, -0.2) is 9.37 Å². The van der Waals surface area contributed by atoms with Crippen LogP contribution in [0.2, 0.25) is 0 Å². The summed E-state index contributed by atoms with van der Waals surface area (Å²) in [6, 6.07) is 10.8. The first kappa shape index (κ1) is 12.5. The SMILES string of the molecule is CCC(Nc1cccc(F)n1)c1ccccc1F. The first-order chi connectivity index (χ1) is 8.70. The van der Waals surface area contributed by atoms with E-state index in [0.29, 0.717) is 17.8 Å². The highest BCUT2D eigenvalue weighted by Gasteiger charge is 2.13. The van der Waals surface area contributed by atoms with Crippen LogP contribution >= 0.6 is 0 Å². The van der Waals surface area contributed by atoms with Crippen LogP contribution in [0.25, 0.3) is 0 Å². The molecule has 1 atom stereocenters. The van der Waals surface area contributed by atoms with Crippen molar-refractivity contribution in [3.8, 4) is 0 Å². The highest BCUT2D eigenvalue weighted by Crippen LogP contribution is 2.23. The summed E-state index contributed by atoms with van der Waals surface area (Å²) in [7, 11) is 0. The molecule has 0 saturated carbocycles. The van der Waals surface area contributed by atoms with Gasteiger partial charge in [-0.2, -0.15) is 4.39 Å². The van der Waals surface area contributed by atoms with Crippen molar-refractivity contribution in [2.24, 2.45) is 0 Å². The van der Waals surface area contributed by atoms with Gasteiger partial charge in [0.05, 0.1) is 6.04 Å². The van der Waals surface area contributed by atoms with Crippen molar-refractivity contribution in [1.29, 1.82) is 0 Å². The second-order valence-corrected chi connectivity index (χ2v) is 3.97. The molecule has 0 saturated heterocycles. The van der Waals surface area contributed by atoms with Crippen molar-refractivity contribution in [3.05, 3.63) is 59.8 Å². The zero-order valence-corrected chi connectivity index (χ0v) is 10.0. The van der Waals surface area contributed by atoms with Crippen LogP contribution in [0.15, 0.2) is 42.5 Å². The Hall–Kier alpha value is -1.97. The topological polar surface area (TPSA) is 24.9 Å². The lowest BCUT2D eigenvalue weighted by molar-refractivity contribution is 0.576. The van der Waals surface area contributed by atoms with E-state index in [0.717, 1.165) is 0 Å². The summed E-state index contributed by atoms with van der Waals surface area (Å²) >= 11 is 0. The molecule has 18 heavy (non-hydrogen) atoms. The summed E-state index contributed by atoms with van der Waals surface area (Å²) in [6.07, 6.45) is 0.680. The third-order valence-corrected chi connectivity index (χ3v) is 2.73. The highest BCUT2D eigenvalue weighted by atomic mass is 19.1. The van der Waals surface area contributed by atoms with Crippen LogP contribution < -0.4 is 5.32 Å². The lowest BCUT2D eigenvalue weighted by Gasteiger charge is -2.18. The molecule has 0 bridgehead atoms. The van der Waals surface area contributed by atoms with E-state index in [9.17, 15) is 8.78 Å². The van der Waals surface area contributed by atoms with Crippen molar-refractivity contribution in [3.63, 3.8) is 0 Å². The van der Waals surface area contributed by atoms with Crippen LogP contribution in [0.4, 0.5) is 14.6 Å². The summed E-state index contributed by atoms with van der Waals surface area (Å²) < 4.78 is 26.7. The molecule has 2 aromatic rings. The van der Waals surface area contributed by atoms with Crippen molar-refractivity contribution >= 4 is 5.82 Å². The minimum absolute atomic E-state index is 0.222. The van der Waals surface area contributed by atoms with E-state index in [1.54, 1.807) is 30.3 Å². The monoisotopic (exact) mass is 248 g/mol. The summed E-state index contributed by atoms with van der Waals surface area (Å²) in [5, 5.41) is 3.04. The Morgan fingerprint density at radius 3 is 2.56 bits per heavy atom. The van der Waals surface area contributed by atoms with Gasteiger partial charge in [-0.15, -0.1) is 0 Å².